The molecule has 0 heterocycles. The zero-order valence-corrected chi connectivity index (χ0v) is 23.6. The van der Waals surface area contributed by atoms with E-state index >= 15 is 0 Å². The van der Waals surface area contributed by atoms with Gasteiger partial charge in [0.15, 0.2) is 0 Å². The van der Waals surface area contributed by atoms with Crippen LogP contribution in [0, 0.1) is 56.7 Å². The Morgan fingerprint density at radius 2 is 1.47 bits per heavy atom. The smallest absolute Gasteiger partial charge is 0.302 e. The molecule has 0 bridgehead atoms. The zero-order valence-electron chi connectivity index (χ0n) is 23.6. The quantitative estimate of drug-likeness (QED) is 0.299. The highest BCUT2D eigenvalue weighted by atomic mass is 16.5. The summed E-state index contributed by atoms with van der Waals surface area (Å²) in [6, 6.07) is 0. The molecule has 0 aromatic heterocycles. The second-order valence-electron chi connectivity index (χ2n) is 15.3. The van der Waals surface area contributed by atoms with E-state index in [0.29, 0.717) is 27.6 Å². The number of carbonyl (C=O) groups excluding carboxylic acids is 1. The molecule has 0 spiro atoms. The van der Waals surface area contributed by atoms with E-state index in [-0.39, 0.29) is 17.5 Å². The highest BCUT2D eigenvalue weighted by Crippen LogP contribution is 2.77. The van der Waals surface area contributed by atoms with Crippen LogP contribution in [0.25, 0.3) is 0 Å². The van der Waals surface area contributed by atoms with E-state index in [1.807, 2.05) is 0 Å². The molecular weight excluding hydrogens is 416 g/mol. The molecule has 5 rings (SSSR count). The number of rotatable bonds is 2. The van der Waals surface area contributed by atoms with E-state index in [9.17, 15) is 4.79 Å². The van der Waals surface area contributed by atoms with Crippen LogP contribution in [-0.2, 0) is 9.53 Å². The van der Waals surface area contributed by atoms with Gasteiger partial charge in [-0.05, 0) is 122 Å². The van der Waals surface area contributed by atoms with Crippen molar-refractivity contribution in [3.63, 3.8) is 0 Å². The normalized spacial score (nSPS) is 53.6. The van der Waals surface area contributed by atoms with Crippen LogP contribution in [0.4, 0.5) is 0 Å². The van der Waals surface area contributed by atoms with Gasteiger partial charge in [0, 0.05) is 12.3 Å². The lowest BCUT2D eigenvalue weighted by Crippen LogP contribution is -2.66. The van der Waals surface area contributed by atoms with Crippen LogP contribution in [-0.4, -0.2) is 12.1 Å². The molecule has 10 atom stereocenters. The van der Waals surface area contributed by atoms with Gasteiger partial charge in [0.05, 0.1) is 0 Å². The van der Waals surface area contributed by atoms with Gasteiger partial charge in [-0.2, -0.15) is 0 Å². The Morgan fingerprint density at radius 3 is 2.12 bits per heavy atom. The van der Waals surface area contributed by atoms with Gasteiger partial charge in [-0.1, -0.05) is 53.7 Å². The molecule has 0 saturated heterocycles. The highest BCUT2D eigenvalue weighted by Gasteiger charge is 2.70. The van der Waals surface area contributed by atoms with Crippen LogP contribution in [0.15, 0.2) is 12.2 Å². The van der Waals surface area contributed by atoms with Crippen molar-refractivity contribution in [3.05, 3.63) is 12.2 Å². The molecule has 0 N–H and O–H groups in total. The van der Waals surface area contributed by atoms with Crippen molar-refractivity contribution < 1.29 is 9.53 Å². The van der Waals surface area contributed by atoms with Crippen molar-refractivity contribution in [2.75, 3.05) is 0 Å². The maximum atomic E-state index is 11.9. The summed E-state index contributed by atoms with van der Waals surface area (Å²) in [4.78, 5) is 11.9. The standard InChI is InChI=1S/C32H52O2/c1-20(2)22-12-15-29(6)18-19-31(8)23(27(22)29)10-11-25-30(7)16-14-26(34-21(3)33)28(4,5)24(30)13-17-32(25,31)9/h22-27H,1,10-19H2,2-9H3/t22-,23?,24-,25?,26-,27+,29+,30-,31+,32+/m0/s1. The van der Waals surface area contributed by atoms with Crippen LogP contribution >= 0.6 is 0 Å². The fourth-order valence-corrected chi connectivity index (χ4v) is 11.9. The second-order valence-corrected chi connectivity index (χ2v) is 15.3. The number of carbonyl (C=O) groups is 1. The van der Waals surface area contributed by atoms with Crippen LogP contribution in [0.3, 0.4) is 0 Å². The summed E-state index contributed by atoms with van der Waals surface area (Å²) in [7, 11) is 0. The molecule has 0 aliphatic heterocycles. The van der Waals surface area contributed by atoms with Crippen LogP contribution in [0.5, 0.6) is 0 Å². The predicted octanol–water partition coefficient (Wildman–Crippen LogP) is 8.60. The van der Waals surface area contributed by atoms with Crippen LogP contribution < -0.4 is 0 Å². The molecule has 2 nitrogen and oxygen atoms in total. The lowest BCUT2D eigenvalue weighted by atomic mass is 9.32. The molecule has 5 aliphatic rings. The molecule has 192 valence electrons. The monoisotopic (exact) mass is 468 g/mol. The molecule has 2 unspecified atom stereocenters. The van der Waals surface area contributed by atoms with Gasteiger partial charge in [-0.3, -0.25) is 4.79 Å². The fourth-order valence-electron chi connectivity index (χ4n) is 11.9. The summed E-state index contributed by atoms with van der Waals surface area (Å²) in [6.07, 6.45) is 13.4. The SMILES string of the molecule is C=C(C)[C@@H]1CC[C@]2(C)CC[C@]3(C)C(CCC4[C@@]5(C)CC[C@H](OC(C)=O)C(C)(C)[C@@H]5CC[C@]43C)[C@@H]12. The van der Waals surface area contributed by atoms with E-state index in [0.717, 1.165) is 30.1 Å². The van der Waals surface area contributed by atoms with Crippen LogP contribution in [0.2, 0.25) is 0 Å². The summed E-state index contributed by atoms with van der Waals surface area (Å²) in [5.74, 6) is 3.74. The van der Waals surface area contributed by atoms with E-state index in [4.69, 9.17) is 4.74 Å². The number of hydrogen-bond donors (Lipinski definition) is 0. The first-order valence-electron chi connectivity index (χ1n) is 14.5. The van der Waals surface area contributed by atoms with Crippen LogP contribution in [0.1, 0.15) is 120 Å². The van der Waals surface area contributed by atoms with E-state index in [1.54, 1.807) is 6.92 Å². The summed E-state index contributed by atoms with van der Waals surface area (Å²) >= 11 is 0. The maximum absolute atomic E-state index is 11.9. The van der Waals surface area contributed by atoms with Crippen molar-refractivity contribution >= 4 is 5.97 Å². The lowest BCUT2D eigenvalue weighted by molar-refractivity contribution is -0.248. The van der Waals surface area contributed by atoms with Gasteiger partial charge in [0.25, 0.3) is 0 Å². The maximum Gasteiger partial charge on any atom is 0.302 e. The van der Waals surface area contributed by atoms with Crippen molar-refractivity contribution in [2.24, 2.45) is 56.7 Å². The molecule has 34 heavy (non-hydrogen) atoms. The second kappa shape index (κ2) is 7.61. The zero-order chi connectivity index (χ0) is 24.9. The van der Waals surface area contributed by atoms with Crippen molar-refractivity contribution in [1.82, 2.24) is 0 Å². The first kappa shape index (κ1) is 24.9. The first-order valence-corrected chi connectivity index (χ1v) is 14.5. The van der Waals surface area contributed by atoms with Crippen molar-refractivity contribution in [1.29, 1.82) is 0 Å². The molecule has 0 amide bonds. The number of allylic oxidation sites excluding steroid dienone is 1. The molecule has 0 aromatic carbocycles. The number of hydrogen-bond acceptors (Lipinski definition) is 2. The summed E-state index contributed by atoms with van der Waals surface area (Å²) in [5, 5.41) is 0. The highest BCUT2D eigenvalue weighted by molar-refractivity contribution is 5.66. The number of fused-ring (bicyclic) bond motifs is 7. The van der Waals surface area contributed by atoms with Crippen molar-refractivity contribution in [2.45, 2.75) is 126 Å². The first-order chi connectivity index (χ1) is 15.7. The summed E-state index contributed by atoms with van der Waals surface area (Å²) < 4.78 is 5.91. The predicted molar refractivity (Wildman–Crippen MR) is 140 cm³/mol. The van der Waals surface area contributed by atoms with Crippen molar-refractivity contribution in [3.8, 4) is 0 Å². The Kier molecular flexibility index (Phi) is 5.57. The average Bonchev–Trinajstić information content (AvgIpc) is 3.08. The van der Waals surface area contributed by atoms with Gasteiger partial charge in [-0.15, -0.1) is 0 Å². The Morgan fingerprint density at radius 1 is 0.765 bits per heavy atom. The fraction of sp³-hybridized carbons (Fsp3) is 0.906. The topological polar surface area (TPSA) is 26.3 Å². The molecule has 2 heteroatoms. The Labute approximate surface area is 210 Å². The molecule has 5 saturated carbocycles. The van der Waals surface area contributed by atoms with E-state index in [2.05, 4.69) is 55.0 Å². The molecule has 0 aromatic rings. The Hall–Kier alpha value is -0.790. The summed E-state index contributed by atoms with van der Waals surface area (Å²) in [5.41, 5.74) is 3.23. The largest absolute Gasteiger partial charge is 0.462 e. The minimum atomic E-state index is -0.107. The van der Waals surface area contributed by atoms with Gasteiger partial charge >= 0.3 is 5.97 Å². The number of esters is 1. The van der Waals surface area contributed by atoms with E-state index < -0.39 is 0 Å². The van der Waals surface area contributed by atoms with Gasteiger partial charge < -0.3 is 4.74 Å². The molecular formula is C32H52O2. The Balaban J connectivity index is 1.50. The summed E-state index contributed by atoms with van der Waals surface area (Å²) in [6.45, 7) is 23.9. The minimum absolute atomic E-state index is 0.0550. The third-order valence-corrected chi connectivity index (χ3v) is 13.7. The molecule has 5 fully saturated rings. The minimum Gasteiger partial charge on any atom is -0.462 e. The van der Waals surface area contributed by atoms with Gasteiger partial charge in [0.1, 0.15) is 6.10 Å². The van der Waals surface area contributed by atoms with Gasteiger partial charge in [0.2, 0.25) is 0 Å². The third-order valence-electron chi connectivity index (χ3n) is 13.7. The van der Waals surface area contributed by atoms with Gasteiger partial charge in [-0.25, -0.2) is 0 Å². The van der Waals surface area contributed by atoms with E-state index in [1.165, 1.54) is 63.4 Å². The Bertz CT molecular complexity index is 872. The average molecular weight is 469 g/mol. The molecule has 0 radical (unpaired) electrons. The lowest BCUT2D eigenvalue weighted by Gasteiger charge is -2.73. The number of ether oxygens (including phenoxy) is 1. The molecule has 5 aliphatic carbocycles. The third kappa shape index (κ3) is 3.08.